The normalized spacial score (nSPS) is 23.3. The number of ether oxygens (including phenoxy) is 1. The van der Waals surface area contributed by atoms with E-state index in [9.17, 15) is 0 Å². The number of aliphatic imine (C=N–C) groups is 1. The summed E-state index contributed by atoms with van der Waals surface area (Å²) in [5.41, 5.74) is 2.32. The van der Waals surface area contributed by atoms with E-state index in [2.05, 4.69) is 82.9 Å². The number of fused-ring (bicyclic) bond motifs is 1. The van der Waals surface area contributed by atoms with E-state index in [1.165, 1.54) is 17.7 Å². The van der Waals surface area contributed by atoms with Gasteiger partial charge in [0.05, 0.1) is 6.04 Å². The van der Waals surface area contributed by atoms with Gasteiger partial charge in [0.2, 0.25) is 0 Å². The smallest absolute Gasteiger partial charge is 0.191 e. The topological polar surface area (TPSA) is 48.9 Å². The summed E-state index contributed by atoms with van der Waals surface area (Å²) in [7, 11) is 1.84. The number of anilines is 1. The minimum Gasteiger partial charge on any atom is -0.487 e. The molecule has 5 nitrogen and oxygen atoms in total. The van der Waals surface area contributed by atoms with Gasteiger partial charge in [-0.2, -0.15) is 0 Å². The molecule has 0 bridgehead atoms. The number of hydrogen-bond acceptors (Lipinski definition) is 3. The molecule has 4 rings (SSSR count). The van der Waals surface area contributed by atoms with Gasteiger partial charge in [0.25, 0.3) is 0 Å². The molecule has 29 heavy (non-hydrogen) atoms. The zero-order valence-electron chi connectivity index (χ0n) is 17.7. The Morgan fingerprint density at radius 2 is 1.90 bits per heavy atom. The van der Waals surface area contributed by atoms with Crippen molar-refractivity contribution in [3.05, 3.63) is 60.2 Å². The maximum atomic E-state index is 6.15. The third-order valence-electron chi connectivity index (χ3n) is 5.88. The van der Waals surface area contributed by atoms with Crippen molar-refractivity contribution in [3.63, 3.8) is 0 Å². The molecular weight excluding hydrogens is 360 g/mol. The van der Waals surface area contributed by atoms with E-state index in [0.717, 1.165) is 37.8 Å². The van der Waals surface area contributed by atoms with Crippen LogP contribution >= 0.6 is 0 Å². The highest BCUT2D eigenvalue weighted by molar-refractivity contribution is 5.80. The van der Waals surface area contributed by atoms with Crippen molar-refractivity contribution in [1.29, 1.82) is 0 Å². The fraction of sp³-hybridized carbons (Fsp3) is 0.458. The molecule has 2 N–H and O–H groups in total. The quantitative estimate of drug-likeness (QED) is 0.610. The first-order valence-electron chi connectivity index (χ1n) is 10.6. The molecule has 0 radical (unpaired) electrons. The first kappa shape index (κ1) is 19.6. The van der Waals surface area contributed by atoms with Crippen LogP contribution in [0.25, 0.3) is 0 Å². The van der Waals surface area contributed by atoms with Gasteiger partial charge in [-0.1, -0.05) is 36.4 Å². The molecule has 0 aliphatic carbocycles. The molecule has 2 aromatic rings. The van der Waals surface area contributed by atoms with E-state index in [4.69, 9.17) is 4.74 Å². The van der Waals surface area contributed by atoms with Crippen molar-refractivity contribution in [2.75, 3.05) is 31.6 Å². The molecule has 154 valence electrons. The number of guanidine groups is 1. The summed E-state index contributed by atoms with van der Waals surface area (Å²) < 4.78 is 6.15. The molecule has 1 saturated heterocycles. The van der Waals surface area contributed by atoms with Crippen molar-refractivity contribution in [2.24, 2.45) is 10.9 Å². The number of nitrogens with zero attached hydrogens (tertiary/aromatic N) is 2. The van der Waals surface area contributed by atoms with Crippen LogP contribution in [-0.4, -0.2) is 38.2 Å². The average molecular weight is 393 g/mol. The highest BCUT2D eigenvalue weighted by atomic mass is 16.5. The van der Waals surface area contributed by atoms with E-state index < -0.39 is 0 Å². The summed E-state index contributed by atoms with van der Waals surface area (Å²) >= 11 is 0. The van der Waals surface area contributed by atoms with Gasteiger partial charge >= 0.3 is 0 Å². The summed E-state index contributed by atoms with van der Waals surface area (Å²) in [4.78, 5) is 6.95. The maximum Gasteiger partial charge on any atom is 0.191 e. The van der Waals surface area contributed by atoms with E-state index in [-0.39, 0.29) is 11.6 Å². The lowest BCUT2D eigenvalue weighted by atomic mass is 9.90. The van der Waals surface area contributed by atoms with Gasteiger partial charge in [-0.3, -0.25) is 4.99 Å². The van der Waals surface area contributed by atoms with Gasteiger partial charge in [-0.25, -0.2) is 0 Å². The van der Waals surface area contributed by atoms with Crippen LogP contribution in [0.15, 0.2) is 59.6 Å². The SMILES string of the molecule is CN=C(NCC1CCN(c2ccccc2)C1)NC1CC(C)(C)Oc2ccccc21. The highest BCUT2D eigenvalue weighted by Crippen LogP contribution is 2.39. The first-order chi connectivity index (χ1) is 14.0. The highest BCUT2D eigenvalue weighted by Gasteiger charge is 2.34. The van der Waals surface area contributed by atoms with Crippen LogP contribution < -0.4 is 20.3 Å². The molecular formula is C24H32N4O. The van der Waals surface area contributed by atoms with Gasteiger partial charge in [0, 0.05) is 44.4 Å². The third-order valence-corrected chi connectivity index (χ3v) is 5.88. The fourth-order valence-electron chi connectivity index (χ4n) is 4.40. The van der Waals surface area contributed by atoms with E-state index in [0.29, 0.717) is 5.92 Å². The second-order valence-corrected chi connectivity index (χ2v) is 8.69. The molecule has 0 saturated carbocycles. The Morgan fingerprint density at radius 3 is 2.69 bits per heavy atom. The molecule has 2 aromatic carbocycles. The van der Waals surface area contributed by atoms with Crippen molar-refractivity contribution in [2.45, 2.75) is 38.3 Å². The van der Waals surface area contributed by atoms with Crippen LogP contribution in [0.4, 0.5) is 5.69 Å². The molecule has 2 aliphatic heterocycles. The Morgan fingerprint density at radius 1 is 1.14 bits per heavy atom. The predicted molar refractivity (Wildman–Crippen MR) is 120 cm³/mol. The van der Waals surface area contributed by atoms with Crippen LogP contribution in [0.1, 0.15) is 38.3 Å². The van der Waals surface area contributed by atoms with Gasteiger partial charge in [0.1, 0.15) is 11.4 Å². The number of hydrogen-bond donors (Lipinski definition) is 2. The van der Waals surface area contributed by atoms with Crippen molar-refractivity contribution in [3.8, 4) is 5.75 Å². The second kappa shape index (κ2) is 8.36. The van der Waals surface area contributed by atoms with Crippen LogP contribution in [0.5, 0.6) is 5.75 Å². The van der Waals surface area contributed by atoms with Gasteiger partial charge in [-0.15, -0.1) is 0 Å². The fourth-order valence-corrected chi connectivity index (χ4v) is 4.40. The number of para-hydroxylation sites is 2. The molecule has 2 heterocycles. The minimum atomic E-state index is -0.202. The molecule has 2 unspecified atom stereocenters. The maximum absolute atomic E-state index is 6.15. The number of rotatable bonds is 4. The van der Waals surface area contributed by atoms with Crippen LogP contribution in [0, 0.1) is 5.92 Å². The molecule has 0 amide bonds. The predicted octanol–water partition coefficient (Wildman–Crippen LogP) is 3.98. The Kier molecular flexibility index (Phi) is 5.65. The largest absolute Gasteiger partial charge is 0.487 e. The zero-order chi connectivity index (χ0) is 20.3. The third kappa shape index (κ3) is 4.66. The summed E-state index contributed by atoms with van der Waals surface area (Å²) in [6.45, 7) is 7.41. The van der Waals surface area contributed by atoms with Gasteiger partial charge < -0.3 is 20.3 Å². The van der Waals surface area contributed by atoms with E-state index in [1.807, 2.05) is 13.1 Å². The zero-order valence-corrected chi connectivity index (χ0v) is 17.7. The molecule has 1 fully saturated rings. The Hall–Kier alpha value is -2.69. The summed E-state index contributed by atoms with van der Waals surface area (Å²) in [5, 5.41) is 7.19. The molecule has 0 spiro atoms. The number of benzene rings is 2. The minimum absolute atomic E-state index is 0.186. The second-order valence-electron chi connectivity index (χ2n) is 8.69. The van der Waals surface area contributed by atoms with E-state index >= 15 is 0 Å². The molecule has 2 atom stereocenters. The molecule has 5 heteroatoms. The lowest BCUT2D eigenvalue weighted by Gasteiger charge is -2.38. The Balaban J connectivity index is 1.35. The van der Waals surface area contributed by atoms with Crippen LogP contribution in [0.3, 0.4) is 0 Å². The van der Waals surface area contributed by atoms with Crippen molar-refractivity contribution in [1.82, 2.24) is 10.6 Å². The number of nitrogens with one attached hydrogen (secondary N) is 2. The monoisotopic (exact) mass is 392 g/mol. The van der Waals surface area contributed by atoms with Crippen molar-refractivity contribution < 1.29 is 4.74 Å². The van der Waals surface area contributed by atoms with Gasteiger partial charge in [0.15, 0.2) is 5.96 Å². The Labute approximate surface area is 174 Å². The first-order valence-corrected chi connectivity index (χ1v) is 10.6. The van der Waals surface area contributed by atoms with Crippen LogP contribution in [-0.2, 0) is 0 Å². The molecule has 0 aromatic heterocycles. The summed E-state index contributed by atoms with van der Waals surface area (Å²) in [6, 6.07) is 19.2. The van der Waals surface area contributed by atoms with E-state index in [1.54, 1.807) is 0 Å². The summed E-state index contributed by atoms with van der Waals surface area (Å²) in [5.74, 6) is 2.44. The average Bonchev–Trinajstić information content (AvgIpc) is 3.20. The lowest BCUT2D eigenvalue weighted by Crippen LogP contribution is -2.46. The summed E-state index contributed by atoms with van der Waals surface area (Å²) in [6.07, 6.45) is 2.10. The molecule has 2 aliphatic rings. The standard InChI is InChI=1S/C24H32N4O/c1-24(2)15-21(20-11-7-8-12-22(20)29-24)27-23(25-3)26-16-18-13-14-28(17-18)19-9-5-4-6-10-19/h4-12,18,21H,13-17H2,1-3H3,(H2,25,26,27). The van der Waals surface area contributed by atoms with Crippen LogP contribution in [0.2, 0.25) is 0 Å². The van der Waals surface area contributed by atoms with Crippen molar-refractivity contribution >= 4 is 11.6 Å². The lowest BCUT2D eigenvalue weighted by molar-refractivity contribution is 0.0694. The van der Waals surface area contributed by atoms with Gasteiger partial charge in [-0.05, 0) is 44.4 Å². The Bertz CT molecular complexity index is 849.